The molecule has 1 spiro atoms. The number of carbonyl (C=O) groups excluding carboxylic acids is 1. The highest BCUT2D eigenvalue weighted by Crippen LogP contribution is 2.45. The number of esters is 1. The normalized spacial score (nSPS) is 23.5. The Morgan fingerprint density at radius 3 is 2.55 bits per heavy atom. The first-order valence-corrected chi connectivity index (χ1v) is 12.5. The van der Waals surface area contributed by atoms with Crippen LogP contribution in [0.15, 0.2) is 59.8 Å². The van der Waals surface area contributed by atoms with Crippen LogP contribution in [0.4, 0.5) is 4.39 Å². The molecule has 194 valence electrons. The lowest BCUT2D eigenvalue weighted by Gasteiger charge is -2.50. The maximum absolute atomic E-state index is 13.8. The molecule has 2 aromatic carbocycles. The van der Waals surface area contributed by atoms with Gasteiger partial charge in [0.2, 0.25) is 5.84 Å². The van der Waals surface area contributed by atoms with Gasteiger partial charge in [-0.15, -0.1) is 0 Å². The van der Waals surface area contributed by atoms with Gasteiger partial charge in [-0.25, -0.2) is 14.2 Å². The van der Waals surface area contributed by atoms with Crippen LogP contribution >= 0.6 is 0 Å². The number of fused-ring (bicyclic) bond motifs is 2. The maximum Gasteiger partial charge on any atom is 0.380 e. The molecule has 38 heavy (non-hydrogen) atoms. The number of amidine groups is 1. The molecule has 3 aromatic rings. The number of morpholine rings is 1. The molecule has 0 amide bonds. The number of oxime groups is 1. The largest absolute Gasteiger partial charge is 0.477 e. The molecule has 9 nitrogen and oxygen atoms in total. The minimum Gasteiger partial charge on any atom is -0.477 e. The topological polar surface area (TPSA) is 87.4 Å². The lowest BCUT2D eigenvalue weighted by atomic mass is 9.83. The number of benzene rings is 2. The molecule has 1 aromatic heterocycles. The van der Waals surface area contributed by atoms with Crippen molar-refractivity contribution in [1.82, 2.24) is 14.5 Å². The number of hydrogen-bond acceptors (Lipinski definition) is 8. The number of hydrogen-bond donors (Lipinski definition) is 0. The molecule has 1 aliphatic carbocycles. The summed E-state index contributed by atoms with van der Waals surface area (Å²) in [6.07, 6.45) is 7.72. The summed E-state index contributed by atoms with van der Waals surface area (Å²) in [6, 6.07) is 9.72. The smallest absolute Gasteiger partial charge is 0.380 e. The van der Waals surface area contributed by atoms with Gasteiger partial charge in [0.05, 0.1) is 38.9 Å². The number of rotatable bonds is 4. The summed E-state index contributed by atoms with van der Waals surface area (Å²) in [4.78, 5) is 25.3. The monoisotopic (exact) mass is 516 g/mol. The van der Waals surface area contributed by atoms with Gasteiger partial charge in [0.25, 0.3) is 0 Å². The Hall–Kier alpha value is -4.18. The second-order valence-electron chi connectivity index (χ2n) is 10.1. The molecular weight excluding hydrogens is 491 g/mol. The Morgan fingerprint density at radius 2 is 1.92 bits per heavy atom. The first kappa shape index (κ1) is 23.0. The highest BCUT2D eigenvalue weighted by atomic mass is 19.1. The Kier molecular flexibility index (Phi) is 4.93. The van der Waals surface area contributed by atoms with E-state index in [4.69, 9.17) is 19.0 Å². The zero-order chi connectivity index (χ0) is 26.1. The van der Waals surface area contributed by atoms with Crippen molar-refractivity contribution in [2.24, 2.45) is 5.16 Å². The predicted molar refractivity (Wildman–Crippen MR) is 134 cm³/mol. The zero-order valence-corrected chi connectivity index (χ0v) is 20.9. The SMILES string of the molecule is COC(=O)C1(c2ccc(F)cc2)ON=C2/C(=C/c3ccc(-n4cnc(C)c4)c4c3CC4)OC3(COC3)CN21. The van der Waals surface area contributed by atoms with Gasteiger partial charge >= 0.3 is 11.7 Å². The van der Waals surface area contributed by atoms with Crippen molar-refractivity contribution in [2.45, 2.75) is 31.1 Å². The number of aromatic nitrogens is 2. The lowest BCUT2D eigenvalue weighted by Crippen LogP contribution is -2.67. The molecule has 10 heteroatoms. The summed E-state index contributed by atoms with van der Waals surface area (Å²) in [5, 5.41) is 4.32. The molecule has 2 saturated heterocycles. The van der Waals surface area contributed by atoms with Gasteiger partial charge in [-0.1, -0.05) is 11.2 Å². The van der Waals surface area contributed by atoms with Crippen molar-refractivity contribution >= 4 is 17.9 Å². The molecule has 0 bridgehead atoms. The molecule has 0 saturated carbocycles. The van der Waals surface area contributed by atoms with Crippen LogP contribution in [0.1, 0.15) is 27.9 Å². The highest BCUT2D eigenvalue weighted by Gasteiger charge is 2.62. The Balaban J connectivity index is 1.31. The minimum atomic E-state index is -1.71. The van der Waals surface area contributed by atoms with Gasteiger partial charge in [-0.05, 0) is 72.9 Å². The number of nitrogens with zero attached hydrogens (tertiary/aromatic N) is 4. The van der Waals surface area contributed by atoms with Crippen molar-refractivity contribution in [3.05, 3.63) is 88.4 Å². The van der Waals surface area contributed by atoms with Crippen molar-refractivity contribution in [3.8, 4) is 5.69 Å². The average molecular weight is 517 g/mol. The van der Waals surface area contributed by atoms with Gasteiger partial charge in [0, 0.05) is 17.4 Å². The van der Waals surface area contributed by atoms with Crippen LogP contribution in [0.2, 0.25) is 0 Å². The molecule has 0 radical (unpaired) electrons. The number of ether oxygens (including phenoxy) is 3. The summed E-state index contributed by atoms with van der Waals surface area (Å²) in [5.41, 5.74) is 3.61. The highest BCUT2D eigenvalue weighted by molar-refractivity contribution is 6.05. The fourth-order valence-electron chi connectivity index (χ4n) is 5.60. The van der Waals surface area contributed by atoms with E-state index in [2.05, 4.69) is 22.3 Å². The zero-order valence-electron chi connectivity index (χ0n) is 20.9. The maximum atomic E-state index is 13.8. The van der Waals surface area contributed by atoms with Crippen molar-refractivity contribution in [1.29, 1.82) is 0 Å². The molecule has 1 atom stereocenters. The summed E-state index contributed by atoms with van der Waals surface area (Å²) in [6.45, 7) is 2.96. The molecule has 1 unspecified atom stereocenters. The molecule has 0 N–H and O–H groups in total. The van der Waals surface area contributed by atoms with E-state index >= 15 is 0 Å². The molecular formula is C28H25FN4O5. The van der Waals surface area contributed by atoms with Crippen molar-refractivity contribution in [3.63, 3.8) is 0 Å². The second kappa shape index (κ2) is 8.16. The van der Waals surface area contributed by atoms with E-state index < -0.39 is 23.1 Å². The van der Waals surface area contributed by atoms with Crippen LogP contribution < -0.4 is 0 Å². The van der Waals surface area contributed by atoms with Crippen LogP contribution in [0.25, 0.3) is 11.8 Å². The number of methoxy groups -OCH3 is 1. The Bertz CT molecular complexity index is 1520. The fourth-order valence-corrected chi connectivity index (χ4v) is 5.60. The van der Waals surface area contributed by atoms with E-state index in [0.29, 0.717) is 30.4 Å². The molecule has 4 aliphatic rings. The van der Waals surface area contributed by atoms with Crippen LogP contribution in [-0.4, -0.2) is 58.7 Å². The van der Waals surface area contributed by atoms with Gasteiger partial charge in [0.15, 0.2) is 11.4 Å². The molecule has 4 heterocycles. The third kappa shape index (κ3) is 3.22. The minimum absolute atomic E-state index is 0.284. The van der Waals surface area contributed by atoms with Gasteiger partial charge in [-0.3, -0.25) is 4.90 Å². The third-order valence-electron chi connectivity index (χ3n) is 7.67. The predicted octanol–water partition coefficient (Wildman–Crippen LogP) is 3.23. The number of imidazole rings is 1. The van der Waals surface area contributed by atoms with E-state index in [-0.39, 0.29) is 6.54 Å². The molecule has 2 fully saturated rings. The molecule has 7 rings (SSSR count). The first-order chi connectivity index (χ1) is 18.4. The van der Waals surface area contributed by atoms with Gasteiger partial charge in [0.1, 0.15) is 5.82 Å². The van der Waals surface area contributed by atoms with E-state index in [1.807, 2.05) is 30.1 Å². The summed E-state index contributed by atoms with van der Waals surface area (Å²) >= 11 is 0. The van der Waals surface area contributed by atoms with E-state index in [1.165, 1.54) is 42.5 Å². The number of halogens is 1. The second-order valence-corrected chi connectivity index (χ2v) is 10.1. The third-order valence-corrected chi connectivity index (χ3v) is 7.67. The Morgan fingerprint density at radius 1 is 1.13 bits per heavy atom. The average Bonchev–Trinajstić information content (AvgIpc) is 3.48. The summed E-state index contributed by atoms with van der Waals surface area (Å²) in [7, 11) is 1.29. The van der Waals surface area contributed by atoms with Crippen molar-refractivity contribution < 1.29 is 28.2 Å². The fraction of sp³-hybridized carbons (Fsp3) is 0.321. The number of aryl methyl sites for hydroxylation is 1. The lowest BCUT2D eigenvalue weighted by molar-refractivity contribution is -0.224. The summed E-state index contributed by atoms with van der Waals surface area (Å²) < 4.78 is 33.0. The van der Waals surface area contributed by atoms with Gasteiger partial charge < -0.3 is 23.6 Å². The van der Waals surface area contributed by atoms with E-state index in [0.717, 1.165) is 29.8 Å². The van der Waals surface area contributed by atoms with Crippen LogP contribution in [-0.2, 0) is 42.4 Å². The van der Waals surface area contributed by atoms with Crippen LogP contribution in [0.5, 0.6) is 0 Å². The molecule has 3 aliphatic heterocycles. The van der Waals surface area contributed by atoms with Crippen molar-refractivity contribution in [2.75, 3.05) is 26.9 Å². The van der Waals surface area contributed by atoms with E-state index in [1.54, 1.807) is 4.90 Å². The quantitative estimate of drug-likeness (QED) is 0.492. The first-order valence-electron chi connectivity index (χ1n) is 12.5. The van der Waals surface area contributed by atoms with Crippen LogP contribution in [0, 0.1) is 12.7 Å². The Labute approximate surface area is 218 Å². The standard InChI is InChI=1S/C28H25FN4O5/c1-17-12-32(16-30-17)23-10-3-18(21-8-9-22(21)23)11-24-25-31-38-28(26(34)35-2,19-4-6-20(29)7-5-19)33(25)13-27(37-24)14-36-15-27/h3-7,10-12,16H,8-9,13-15H2,1-2H3/b24-11-. The summed E-state index contributed by atoms with van der Waals surface area (Å²) in [5.74, 6) is -0.234. The number of carbonyl (C=O) groups is 1. The van der Waals surface area contributed by atoms with Crippen LogP contribution in [0.3, 0.4) is 0 Å². The van der Waals surface area contributed by atoms with Gasteiger partial charge in [-0.2, -0.15) is 0 Å². The van der Waals surface area contributed by atoms with E-state index in [9.17, 15) is 9.18 Å².